The number of allylic oxidation sites excluding steroid dienone is 1. The lowest BCUT2D eigenvalue weighted by molar-refractivity contribution is -0.319. The second-order valence-electron chi connectivity index (χ2n) is 18.9. The van der Waals surface area contributed by atoms with E-state index in [1.54, 1.807) is 28.1 Å². The highest BCUT2D eigenvalue weighted by atomic mass is 32.3. The standard InChI is InChI=1S/C41H68O17S/c1-19(42)33-27(56-39-37(46)36(45)35(44)30(57-39)18-52-59(47,48)49)15-26-24-9-8-22-14-23(10-12-40(22,4)25(24)11-13-41(26,33)5)55-31-17-29(51-7)38(21(3)54-31)58-32-16-28(50-6)34(43)20(2)53-32/h8,19-21,23-39,42-46H,9-18H2,1-7H3,(H,47,48,49). The second kappa shape index (κ2) is 17.9. The van der Waals surface area contributed by atoms with Crippen LogP contribution in [0.5, 0.6) is 0 Å². The summed E-state index contributed by atoms with van der Waals surface area (Å²) in [6, 6.07) is 0. The first-order valence-corrected chi connectivity index (χ1v) is 22.8. The van der Waals surface area contributed by atoms with E-state index in [4.69, 9.17) is 42.4 Å². The fraction of sp³-hybridized carbons (Fsp3) is 0.951. The van der Waals surface area contributed by atoms with Crippen molar-refractivity contribution < 1.29 is 80.6 Å². The molecule has 6 N–H and O–H groups in total. The first-order valence-electron chi connectivity index (χ1n) is 21.5. The molecule has 0 bridgehead atoms. The maximum atomic E-state index is 11.3. The summed E-state index contributed by atoms with van der Waals surface area (Å²) in [5, 5.41) is 53.7. The van der Waals surface area contributed by atoms with Gasteiger partial charge in [-0.3, -0.25) is 4.55 Å². The van der Waals surface area contributed by atoms with Gasteiger partial charge in [-0.2, -0.15) is 8.42 Å². The number of hydrogen-bond donors (Lipinski definition) is 6. The second-order valence-corrected chi connectivity index (χ2v) is 20.0. The van der Waals surface area contributed by atoms with Crippen molar-refractivity contribution in [3.05, 3.63) is 11.6 Å². The number of aliphatic hydroxyl groups excluding tert-OH is 5. The zero-order valence-corrected chi connectivity index (χ0v) is 36.1. The van der Waals surface area contributed by atoms with Crippen LogP contribution in [-0.2, 0) is 52.5 Å². The van der Waals surface area contributed by atoms with Crippen LogP contribution < -0.4 is 0 Å². The Balaban J connectivity index is 0.992. The molecule has 22 unspecified atom stereocenters. The molecule has 17 nitrogen and oxygen atoms in total. The fourth-order valence-corrected chi connectivity index (χ4v) is 12.8. The third-order valence-corrected chi connectivity index (χ3v) is 16.0. The largest absolute Gasteiger partial charge is 0.397 e. The number of fused-ring (bicyclic) bond motifs is 5. The van der Waals surface area contributed by atoms with Gasteiger partial charge in [0.15, 0.2) is 18.9 Å². The SMILES string of the molecule is COC1CC(OC2C(C)OC(OC3CCC4(C)C(=CCC5C4CCC4(C)C5CC(OC5OC(COS(=O)(=O)O)C(O)C(O)C5O)C4C(C)O)C3)CC2OC)OC(C)C1O. The first kappa shape index (κ1) is 46.1. The monoisotopic (exact) mass is 864 g/mol. The van der Waals surface area contributed by atoms with Crippen LogP contribution in [-0.4, -0.2) is 158 Å². The van der Waals surface area contributed by atoms with E-state index in [2.05, 4.69) is 24.1 Å². The molecular weight excluding hydrogens is 797 g/mol. The number of ether oxygens (including phenoxy) is 8. The molecule has 4 aliphatic carbocycles. The molecule has 0 amide bonds. The minimum Gasteiger partial charge on any atom is -0.393 e. The Labute approximate surface area is 347 Å². The maximum Gasteiger partial charge on any atom is 0.397 e. The number of methoxy groups -OCH3 is 2. The Kier molecular flexibility index (Phi) is 14.0. The Morgan fingerprint density at radius 2 is 1.49 bits per heavy atom. The van der Waals surface area contributed by atoms with E-state index in [-0.39, 0.29) is 41.0 Å². The zero-order chi connectivity index (χ0) is 42.8. The summed E-state index contributed by atoms with van der Waals surface area (Å²) >= 11 is 0. The third kappa shape index (κ3) is 9.09. The molecule has 0 spiro atoms. The molecule has 0 aromatic heterocycles. The third-order valence-electron chi connectivity index (χ3n) is 15.6. The quantitative estimate of drug-likeness (QED) is 0.122. The molecule has 3 saturated heterocycles. The minimum atomic E-state index is -4.86. The summed E-state index contributed by atoms with van der Waals surface area (Å²) in [5.41, 5.74) is 1.08. The summed E-state index contributed by atoms with van der Waals surface area (Å²) < 4.78 is 84.9. The van der Waals surface area contributed by atoms with Crippen LogP contribution in [0.2, 0.25) is 0 Å². The maximum absolute atomic E-state index is 11.3. The van der Waals surface area contributed by atoms with Crippen molar-refractivity contribution >= 4 is 10.4 Å². The zero-order valence-electron chi connectivity index (χ0n) is 35.3. The van der Waals surface area contributed by atoms with E-state index in [0.717, 1.165) is 38.5 Å². The van der Waals surface area contributed by atoms with Crippen LogP contribution in [0.1, 0.15) is 92.4 Å². The lowest BCUT2D eigenvalue weighted by Gasteiger charge is -2.58. The van der Waals surface area contributed by atoms with Gasteiger partial charge in [0, 0.05) is 33.0 Å². The lowest BCUT2D eigenvalue weighted by atomic mass is 9.47. The number of aliphatic hydroxyl groups is 5. The van der Waals surface area contributed by atoms with Gasteiger partial charge in [-0.1, -0.05) is 25.5 Å². The fourth-order valence-electron chi connectivity index (χ4n) is 12.5. The number of hydrogen-bond acceptors (Lipinski definition) is 16. The van der Waals surface area contributed by atoms with Crippen molar-refractivity contribution in [2.75, 3.05) is 20.8 Å². The van der Waals surface area contributed by atoms with E-state index in [9.17, 15) is 34.0 Å². The molecular formula is C41H68O17S. The molecule has 18 heteroatoms. The Morgan fingerprint density at radius 1 is 0.814 bits per heavy atom. The highest BCUT2D eigenvalue weighted by Crippen LogP contribution is 2.67. The molecule has 3 saturated carbocycles. The van der Waals surface area contributed by atoms with E-state index < -0.39 is 96.9 Å². The van der Waals surface area contributed by atoms with Gasteiger partial charge in [0.05, 0.1) is 49.3 Å². The van der Waals surface area contributed by atoms with Crippen LogP contribution >= 0.6 is 0 Å². The lowest BCUT2D eigenvalue weighted by Crippen LogP contribution is -2.60. The molecule has 340 valence electrons. The molecule has 7 aliphatic rings. The molecule has 22 atom stereocenters. The summed E-state index contributed by atoms with van der Waals surface area (Å²) in [6.07, 6.45) is -3.69. The van der Waals surface area contributed by atoms with Crippen LogP contribution in [0, 0.1) is 34.5 Å². The van der Waals surface area contributed by atoms with Crippen LogP contribution in [0.3, 0.4) is 0 Å². The molecule has 3 heterocycles. The first-order chi connectivity index (χ1) is 27.8. The molecule has 0 radical (unpaired) electrons. The Morgan fingerprint density at radius 3 is 2.17 bits per heavy atom. The molecule has 0 aromatic carbocycles. The van der Waals surface area contributed by atoms with Gasteiger partial charge in [-0.25, -0.2) is 4.18 Å². The van der Waals surface area contributed by atoms with Crippen LogP contribution in [0.4, 0.5) is 0 Å². The predicted octanol–water partition coefficient (Wildman–Crippen LogP) is 2.00. The van der Waals surface area contributed by atoms with Gasteiger partial charge in [-0.15, -0.1) is 0 Å². The van der Waals surface area contributed by atoms with Gasteiger partial charge < -0.3 is 63.4 Å². The molecule has 3 aliphatic heterocycles. The minimum absolute atomic E-state index is 0.0234. The van der Waals surface area contributed by atoms with Gasteiger partial charge >= 0.3 is 10.4 Å². The molecule has 6 fully saturated rings. The summed E-state index contributed by atoms with van der Waals surface area (Å²) in [5.74, 6) is 0.567. The predicted molar refractivity (Wildman–Crippen MR) is 207 cm³/mol. The summed E-state index contributed by atoms with van der Waals surface area (Å²) in [6.45, 7) is 9.31. The smallest absolute Gasteiger partial charge is 0.393 e. The van der Waals surface area contributed by atoms with E-state index in [0.29, 0.717) is 31.1 Å². The molecule has 7 rings (SSSR count). The van der Waals surface area contributed by atoms with Crippen LogP contribution in [0.15, 0.2) is 11.6 Å². The van der Waals surface area contributed by atoms with E-state index in [1.165, 1.54) is 5.57 Å². The average molecular weight is 865 g/mol. The van der Waals surface area contributed by atoms with Crippen molar-refractivity contribution in [1.29, 1.82) is 0 Å². The normalized spacial score (nSPS) is 50.9. The number of rotatable bonds is 12. The van der Waals surface area contributed by atoms with Gasteiger partial charge in [0.25, 0.3) is 0 Å². The Hall–Kier alpha value is -0.910. The van der Waals surface area contributed by atoms with Crippen molar-refractivity contribution in [3.8, 4) is 0 Å². The van der Waals surface area contributed by atoms with Crippen molar-refractivity contribution in [2.24, 2.45) is 34.5 Å². The van der Waals surface area contributed by atoms with Gasteiger partial charge in [0.1, 0.15) is 36.6 Å². The highest BCUT2D eigenvalue weighted by Gasteiger charge is 2.63. The molecule has 59 heavy (non-hydrogen) atoms. The van der Waals surface area contributed by atoms with Crippen molar-refractivity contribution in [3.63, 3.8) is 0 Å². The van der Waals surface area contributed by atoms with Crippen LogP contribution in [0.25, 0.3) is 0 Å². The van der Waals surface area contributed by atoms with E-state index >= 15 is 0 Å². The topological polar surface area (TPSA) is 239 Å². The van der Waals surface area contributed by atoms with Crippen molar-refractivity contribution in [2.45, 2.75) is 191 Å². The van der Waals surface area contributed by atoms with Gasteiger partial charge in [0.2, 0.25) is 0 Å². The van der Waals surface area contributed by atoms with E-state index in [1.807, 2.05) is 6.92 Å². The summed E-state index contributed by atoms with van der Waals surface area (Å²) in [4.78, 5) is 0. The van der Waals surface area contributed by atoms with Gasteiger partial charge in [-0.05, 0) is 94.3 Å². The average Bonchev–Trinajstić information content (AvgIpc) is 3.48. The molecule has 0 aromatic rings. The summed E-state index contributed by atoms with van der Waals surface area (Å²) in [7, 11) is -1.62. The highest BCUT2D eigenvalue weighted by molar-refractivity contribution is 7.80. The van der Waals surface area contributed by atoms with Crippen molar-refractivity contribution in [1.82, 2.24) is 0 Å². The Bertz CT molecular complexity index is 1580.